The van der Waals surface area contributed by atoms with Crippen LogP contribution in [0.3, 0.4) is 0 Å². The first-order chi connectivity index (χ1) is 5.72. The molecule has 1 N–H and O–H groups in total. The van der Waals surface area contributed by atoms with Crippen molar-refractivity contribution in [2.75, 3.05) is 7.05 Å². The van der Waals surface area contributed by atoms with Gasteiger partial charge in [-0.1, -0.05) is 24.3 Å². The highest BCUT2D eigenvalue weighted by molar-refractivity contribution is 14.1. The van der Waals surface area contributed by atoms with E-state index in [0.29, 0.717) is 0 Å². The van der Waals surface area contributed by atoms with Gasteiger partial charge in [-0.3, -0.25) is 0 Å². The van der Waals surface area contributed by atoms with Crippen molar-refractivity contribution in [3.63, 3.8) is 0 Å². The molecule has 2 nitrogen and oxygen atoms in total. The van der Waals surface area contributed by atoms with Gasteiger partial charge < -0.3 is 5.11 Å². The molecule has 0 saturated carbocycles. The van der Waals surface area contributed by atoms with Crippen molar-refractivity contribution in [2.45, 2.75) is 13.2 Å². The Balaban J connectivity index is 2.65. The molecule has 1 aromatic carbocycles. The van der Waals surface area contributed by atoms with E-state index in [-0.39, 0.29) is 6.61 Å². The van der Waals surface area contributed by atoms with Crippen molar-refractivity contribution in [1.82, 2.24) is 3.11 Å². The number of halogens is 1. The fraction of sp³-hybridized carbons (Fsp3) is 0.333. The molecule has 0 unspecified atom stereocenters. The van der Waals surface area contributed by atoms with Crippen molar-refractivity contribution in [2.24, 2.45) is 0 Å². The van der Waals surface area contributed by atoms with Crippen LogP contribution < -0.4 is 0 Å². The van der Waals surface area contributed by atoms with Crippen LogP contribution >= 0.6 is 22.9 Å². The summed E-state index contributed by atoms with van der Waals surface area (Å²) in [5.41, 5.74) is 2.24. The van der Waals surface area contributed by atoms with E-state index in [1.54, 1.807) is 0 Å². The maximum atomic E-state index is 8.80. The molecule has 0 aromatic heterocycles. The molecule has 0 spiro atoms. The quantitative estimate of drug-likeness (QED) is 0.674. The highest BCUT2D eigenvalue weighted by Crippen LogP contribution is 2.08. The Labute approximate surface area is 86.7 Å². The molecule has 1 aromatic rings. The molecule has 0 radical (unpaired) electrons. The zero-order chi connectivity index (χ0) is 8.97. The third-order valence-corrected chi connectivity index (χ3v) is 1.95. The number of aliphatic hydroxyl groups is 1. The van der Waals surface area contributed by atoms with Crippen molar-refractivity contribution >= 4 is 22.9 Å². The van der Waals surface area contributed by atoms with Crippen LogP contribution in [0.15, 0.2) is 24.3 Å². The topological polar surface area (TPSA) is 23.5 Å². The Morgan fingerprint density at radius 2 is 1.75 bits per heavy atom. The van der Waals surface area contributed by atoms with Crippen LogP contribution in [-0.4, -0.2) is 15.3 Å². The predicted octanol–water partition coefficient (Wildman–Crippen LogP) is 1.96. The number of aliphatic hydroxyl groups excluding tert-OH is 1. The smallest absolute Gasteiger partial charge is 0.0681 e. The maximum Gasteiger partial charge on any atom is 0.0681 e. The summed E-state index contributed by atoms with van der Waals surface area (Å²) in [6.45, 7) is 1.06. The SMILES string of the molecule is CN(I)Cc1ccc(CO)cc1. The molecule has 0 aliphatic carbocycles. The van der Waals surface area contributed by atoms with E-state index >= 15 is 0 Å². The minimum Gasteiger partial charge on any atom is -0.392 e. The molecule has 0 fully saturated rings. The Morgan fingerprint density at radius 1 is 1.25 bits per heavy atom. The van der Waals surface area contributed by atoms with Crippen molar-refractivity contribution in [3.8, 4) is 0 Å². The summed E-state index contributed by atoms with van der Waals surface area (Å²) in [4.78, 5) is 0. The fourth-order valence-electron chi connectivity index (χ4n) is 1.00. The number of rotatable bonds is 3. The van der Waals surface area contributed by atoms with Gasteiger partial charge in [0.1, 0.15) is 0 Å². The molecular weight excluding hydrogens is 265 g/mol. The maximum absolute atomic E-state index is 8.80. The summed E-state index contributed by atoms with van der Waals surface area (Å²) in [7, 11) is 2.03. The second kappa shape index (κ2) is 4.79. The first-order valence-corrected chi connectivity index (χ1v) is 4.74. The third-order valence-electron chi connectivity index (χ3n) is 1.61. The lowest BCUT2D eigenvalue weighted by atomic mass is 10.1. The van der Waals surface area contributed by atoms with E-state index in [1.807, 2.05) is 31.3 Å². The third kappa shape index (κ3) is 3.08. The summed E-state index contributed by atoms with van der Waals surface area (Å²) < 4.78 is 2.09. The van der Waals surface area contributed by atoms with Gasteiger partial charge in [0.25, 0.3) is 0 Å². The van der Waals surface area contributed by atoms with Gasteiger partial charge in [-0.25, -0.2) is 3.11 Å². The van der Waals surface area contributed by atoms with Crippen LogP contribution in [0.2, 0.25) is 0 Å². The minimum atomic E-state index is 0.125. The van der Waals surface area contributed by atoms with E-state index in [0.717, 1.165) is 12.1 Å². The molecule has 0 aliphatic rings. The molecule has 0 saturated heterocycles. The van der Waals surface area contributed by atoms with Crippen LogP contribution in [0.4, 0.5) is 0 Å². The number of hydrogen-bond donors (Lipinski definition) is 1. The monoisotopic (exact) mass is 277 g/mol. The van der Waals surface area contributed by atoms with Crippen molar-refractivity contribution in [1.29, 1.82) is 0 Å². The highest BCUT2D eigenvalue weighted by Gasteiger charge is 1.95. The van der Waals surface area contributed by atoms with Crippen LogP contribution in [0, 0.1) is 0 Å². The average molecular weight is 277 g/mol. The van der Waals surface area contributed by atoms with Gasteiger partial charge in [0.15, 0.2) is 0 Å². The first kappa shape index (κ1) is 9.95. The lowest BCUT2D eigenvalue weighted by Gasteiger charge is -2.07. The summed E-state index contributed by atoms with van der Waals surface area (Å²) >= 11 is 2.25. The molecular formula is C9H12INO. The van der Waals surface area contributed by atoms with Crippen molar-refractivity contribution in [3.05, 3.63) is 35.4 Å². The van der Waals surface area contributed by atoms with Gasteiger partial charge in [0.2, 0.25) is 0 Å². The Morgan fingerprint density at radius 3 is 2.17 bits per heavy atom. The van der Waals surface area contributed by atoms with E-state index < -0.39 is 0 Å². The zero-order valence-electron chi connectivity index (χ0n) is 7.00. The molecule has 0 bridgehead atoms. The number of benzene rings is 1. The molecule has 1 rings (SSSR count). The van der Waals surface area contributed by atoms with E-state index in [4.69, 9.17) is 5.11 Å². The number of nitrogens with zero attached hydrogens (tertiary/aromatic N) is 1. The standard InChI is InChI=1S/C9H12INO/c1-11(10)6-8-2-4-9(7-12)5-3-8/h2-5,12H,6-7H2,1H3. The van der Waals surface area contributed by atoms with E-state index in [9.17, 15) is 0 Å². The van der Waals surface area contributed by atoms with Gasteiger partial charge in [-0.15, -0.1) is 0 Å². The van der Waals surface area contributed by atoms with E-state index in [2.05, 4.69) is 26.0 Å². The lowest BCUT2D eigenvalue weighted by Crippen LogP contribution is -2.02. The van der Waals surface area contributed by atoms with Crippen LogP contribution in [-0.2, 0) is 13.2 Å². The second-order valence-corrected chi connectivity index (χ2v) is 4.38. The van der Waals surface area contributed by atoms with Gasteiger partial charge in [0.05, 0.1) is 6.61 Å². The molecule has 0 heterocycles. The van der Waals surface area contributed by atoms with Gasteiger partial charge in [-0.05, 0) is 18.2 Å². The molecule has 3 heteroatoms. The highest BCUT2D eigenvalue weighted by atomic mass is 127. The number of hydrogen-bond acceptors (Lipinski definition) is 2. The molecule has 0 atom stereocenters. The largest absolute Gasteiger partial charge is 0.392 e. The normalized spacial score (nSPS) is 10.7. The van der Waals surface area contributed by atoms with Crippen LogP contribution in [0.25, 0.3) is 0 Å². The molecule has 0 aliphatic heterocycles. The Kier molecular flexibility index (Phi) is 3.97. The fourth-order valence-corrected chi connectivity index (χ4v) is 1.40. The zero-order valence-corrected chi connectivity index (χ0v) is 9.15. The minimum absolute atomic E-state index is 0.125. The molecule has 0 amide bonds. The first-order valence-electron chi connectivity index (χ1n) is 3.78. The summed E-state index contributed by atoms with van der Waals surface area (Å²) in [5.74, 6) is 0. The Hall–Kier alpha value is -0.130. The van der Waals surface area contributed by atoms with Gasteiger partial charge in [0, 0.05) is 29.4 Å². The molecule has 66 valence electrons. The summed E-state index contributed by atoms with van der Waals surface area (Å²) in [5, 5.41) is 8.80. The predicted molar refractivity (Wildman–Crippen MR) is 57.9 cm³/mol. The Bertz CT molecular complexity index is 233. The summed E-state index contributed by atoms with van der Waals surface area (Å²) in [6.07, 6.45) is 0. The van der Waals surface area contributed by atoms with Crippen LogP contribution in [0.5, 0.6) is 0 Å². The average Bonchev–Trinajstić information content (AvgIpc) is 2.05. The summed E-state index contributed by atoms with van der Waals surface area (Å²) in [6, 6.07) is 7.99. The van der Waals surface area contributed by atoms with Crippen LogP contribution in [0.1, 0.15) is 11.1 Å². The second-order valence-electron chi connectivity index (χ2n) is 2.74. The van der Waals surface area contributed by atoms with E-state index in [1.165, 1.54) is 5.56 Å². The van der Waals surface area contributed by atoms with Gasteiger partial charge in [-0.2, -0.15) is 0 Å². The molecule has 12 heavy (non-hydrogen) atoms. The lowest BCUT2D eigenvalue weighted by molar-refractivity contribution is 0.282. The van der Waals surface area contributed by atoms with Crippen molar-refractivity contribution < 1.29 is 5.11 Å². The van der Waals surface area contributed by atoms with Gasteiger partial charge >= 0.3 is 0 Å².